The molecule has 0 unspecified atom stereocenters. The Morgan fingerprint density at radius 3 is 2.54 bits per heavy atom. The Kier molecular flexibility index (Phi) is 4.44. The van der Waals surface area contributed by atoms with Crippen LogP contribution >= 0.6 is 0 Å². The van der Waals surface area contributed by atoms with Crippen molar-refractivity contribution in [2.75, 3.05) is 23.3 Å². The highest BCUT2D eigenvalue weighted by molar-refractivity contribution is 5.90. The quantitative estimate of drug-likeness (QED) is 0.862. The molecule has 4 rings (SSSR count). The van der Waals surface area contributed by atoms with Crippen molar-refractivity contribution in [3.8, 4) is 0 Å². The lowest BCUT2D eigenvalue weighted by molar-refractivity contribution is -0.126. The molecule has 0 atom stereocenters. The standard InChI is InChI=1S/C19H22FN5O/c20-14-3-1-4-16(13-14)24-19(17(26)23-15-5-6-15)7-11-25(12-8-19)18-21-9-2-10-22-18/h1-4,9-10,13,15,24H,5-8,11-12H2,(H,23,26). The van der Waals surface area contributed by atoms with E-state index in [0.29, 0.717) is 37.6 Å². The minimum absolute atomic E-state index is 0.00195. The van der Waals surface area contributed by atoms with Crippen molar-refractivity contribution in [3.05, 3.63) is 48.5 Å². The third-order valence-electron chi connectivity index (χ3n) is 5.01. The van der Waals surface area contributed by atoms with Crippen LogP contribution in [0.15, 0.2) is 42.7 Å². The summed E-state index contributed by atoms with van der Waals surface area (Å²) in [7, 11) is 0. The fourth-order valence-electron chi connectivity index (χ4n) is 3.35. The first kappa shape index (κ1) is 16.8. The lowest BCUT2D eigenvalue weighted by Crippen LogP contribution is -2.59. The number of hydrogen-bond acceptors (Lipinski definition) is 5. The van der Waals surface area contributed by atoms with Crippen molar-refractivity contribution in [3.63, 3.8) is 0 Å². The number of piperidine rings is 1. The van der Waals surface area contributed by atoms with E-state index >= 15 is 0 Å². The highest BCUT2D eigenvalue weighted by Gasteiger charge is 2.43. The molecule has 26 heavy (non-hydrogen) atoms. The molecule has 7 heteroatoms. The molecule has 6 nitrogen and oxygen atoms in total. The molecule has 2 heterocycles. The van der Waals surface area contributed by atoms with Crippen LogP contribution in [0.1, 0.15) is 25.7 Å². The van der Waals surface area contributed by atoms with Gasteiger partial charge in [0.2, 0.25) is 11.9 Å². The minimum Gasteiger partial charge on any atom is -0.371 e. The van der Waals surface area contributed by atoms with E-state index in [0.717, 1.165) is 12.8 Å². The van der Waals surface area contributed by atoms with Gasteiger partial charge in [-0.15, -0.1) is 0 Å². The molecule has 1 aliphatic carbocycles. The summed E-state index contributed by atoms with van der Waals surface area (Å²) in [4.78, 5) is 23.7. The second kappa shape index (κ2) is 6.90. The van der Waals surface area contributed by atoms with Crippen LogP contribution in [-0.2, 0) is 4.79 Å². The van der Waals surface area contributed by atoms with Crippen molar-refractivity contribution in [2.24, 2.45) is 0 Å². The monoisotopic (exact) mass is 355 g/mol. The van der Waals surface area contributed by atoms with Gasteiger partial charge in [-0.25, -0.2) is 14.4 Å². The van der Waals surface area contributed by atoms with Crippen LogP contribution in [0.5, 0.6) is 0 Å². The third-order valence-corrected chi connectivity index (χ3v) is 5.01. The van der Waals surface area contributed by atoms with Crippen molar-refractivity contribution < 1.29 is 9.18 Å². The molecule has 2 N–H and O–H groups in total. The second-order valence-corrected chi connectivity index (χ2v) is 7.00. The van der Waals surface area contributed by atoms with Gasteiger partial charge in [0.25, 0.3) is 0 Å². The summed E-state index contributed by atoms with van der Waals surface area (Å²) in [5, 5.41) is 6.43. The lowest BCUT2D eigenvalue weighted by Gasteiger charge is -2.41. The Hall–Kier alpha value is -2.70. The molecule has 0 bridgehead atoms. The molecule has 1 saturated heterocycles. The van der Waals surface area contributed by atoms with E-state index in [4.69, 9.17) is 0 Å². The minimum atomic E-state index is -0.748. The molecule has 1 aromatic carbocycles. The molecule has 136 valence electrons. The fourth-order valence-corrected chi connectivity index (χ4v) is 3.35. The zero-order valence-electron chi connectivity index (χ0n) is 14.5. The second-order valence-electron chi connectivity index (χ2n) is 7.00. The molecule has 1 amide bonds. The SMILES string of the molecule is O=C(NC1CC1)C1(Nc2cccc(F)c2)CCN(c2ncccn2)CC1. The zero-order valence-corrected chi connectivity index (χ0v) is 14.5. The summed E-state index contributed by atoms with van der Waals surface area (Å²) in [6.45, 7) is 1.31. The number of aromatic nitrogens is 2. The number of amides is 1. The Bertz CT molecular complexity index is 773. The Morgan fingerprint density at radius 2 is 1.88 bits per heavy atom. The number of benzene rings is 1. The van der Waals surface area contributed by atoms with Gasteiger partial charge in [-0.05, 0) is 49.9 Å². The molecule has 1 aliphatic heterocycles. The summed E-state index contributed by atoms with van der Waals surface area (Å²) in [6.07, 6.45) is 6.70. The van der Waals surface area contributed by atoms with Crippen molar-refractivity contribution >= 4 is 17.5 Å². The molecule has 0 radical (unpaired) electrons. The number of carbonyl (C=O) groups is 1. The van der Waals surface area contributed by atoms with Crippen LogP contribution in [0.25, 0.3) is 0 Å². The third kappa shape index (κ3) is 3.61. The van der Waals surface area contributed by atoms with Crippen molar-refractivity contribution in [1.82, 2.24) is 15.3 Å². The maximum Gasteiger partial charge on any atom is 0.246 e. The maximum atomic E-state index is 13.6. The largest absolute Gasteiger partial charge is 0.371 e. The first-order valence-electron chi connectivity index (χ1n) is 9.01. The first-order valence-corrected chi connectivity index (χ1v) is 9.01. The smallest absolute Gasteiger partial charge is 0.246 e. The summed E-state index contributed by atoms with van der Waals surface area (Å²) in [6, 6.07) is 8.34. The van der Waals surface area contributed by atoms with Gasteiger partial charge in [0.15, 0.2) is 0 Å². The van der Waals surface area contributed by atoms with Gasteiger partial charge in [0, 0.05) is 37.2 Å². The van der Waals surface area contributed by atoms with E-state index in [1.165, 1.54) is 12.1 Å². The van der Waals surface area contributed by atoms with Crippen LogP contribution in [0, 0.1) is 5.82 Å². The summed E-state index contributed by atoms with van der Waals surface area (Å²) < 4.78 is 13.6. The van der Waals surface area contributed by atoms with Gasteiger partial charge in [-0.3, -0.25) is 4.79 Å². The van der Waals surface area contributed by atoms with Gasteiger partial charge < -0.3 is 15.5 Å². The average molecular weight is 355 g/mol. The summed E-state index contributed by atoms with van der Waals surface area (Å²) in [5.74, 6) is 0.357. The topological polar surface area (TPSA) is 70.2 Å². The predicted octanol–water partition coefficient (Wildman–Crippen LogP) is 2.35. The van der Waals surface area contributed by atoms with Crippen molar-refractivity contribution in [1.29, 1.82) is 0 Å². The van der Waals surface area contributed by atoms with E-state index in [9.17, 15) is 9.18 Å². The van der Waals surface area contributed by atoms with Crippen LogP contribution in [-0.4, -0.2) is 40.5 Å². The van der Waals surface area contributed by atoms with Gasteiger partial charge in [-0.2, -0.15) is 0 Å². The highest BCUT2D eigenvalue weighted by atomic mass is 19.1. The number of hydrogen-bond donors (Lipinski definition) is 2. The van der Waals surface area contributed by atoms with Crippen LogP contribution in [0.2, 0.25) is 0 Å². The van der Waals surface area contributed by atoms with E-state index in [2.05, 4.69) is 25.5 Å². The molecule has 1 aromatic heterocycles. The molecule has 2 fully saturated rings. The maximum absolute atomic E-state index is 13.6. The number of nitrogens with zero attached hydrogens (tertiary/aromatic N) is 3. The van der Waals surface area contributed by atoms with Crippen LogP contribution in [0.3, 0.4) is 0 Å². The fraction of sp³-hybridized carbons (Fsp3) is 0.421. The summed E-state index contributed by atoms with van der Waals surface area (Å²) >= 11 is 0. The van der Waals surface area contributed by atoms with Gasteiger partial charge in [0.05, 0.1) is 0 Å². The number of carbonyl (C=O) groups excluding carboxylic acids is 1. The molecule has 1 saturated carbocycles. The molecule has 0 spiro atoms. The van der Waals surface area contributed by atoms with E-state index in [1.807, 2.05) is 0 Å². The molecular weight excluding hydrogens is 333 g/mol. The average Bonchev–Trinajstić information content (AvgIpc) is 3.47. The van der Waals surface area contributed by atoms with Gasteiger partial charge in [-0.1, -0.05) is 6.07 Å². The number of anilines is 2. The number of halogens is 1. The van der Waals surface area contributed by atoms with Gasteiger partial charge in [0.1, 0.15) is 11.4 Å². The number of nitrogens with one attached hydrogen (secondary N) is 2. The van der Waals surface area contributed by atoms with E-state index in [1.54, 1.807) is 30.6 Å². The van der Waals surface area contributed by atoms with Crippen LogP contribution in [0.4, 0.5) is 16.0 Å². The van der Waals surface area contributed by atoms with E-state index < -0.39 is 5.54 Å². The van der Waals surface area contributed by atoms with Crippen LogP contribution < -0.4 is 15.5 Å². The highest BCUT2D eigenvalue weighted by Crippen LogP contribution is 2.30. The Balaban J connectivity index is 1.53. The van der Waals surface area contributed by atoms with Gasteiger partial charge >= 0.3 is 0 Å². The zero-order chi connectivity index (χ0) is 18.0. The molecular formula is C19H22FN5O. The predicted molar refractivity (Wildman–Crippen MR) is 97.4 cm³/mol. The Morgan fingerprint density at radius 1 is 1.15 bits per heavy atom. The van der Waals surface area contributed by atoms with E-state index in [-0.39, 0.29) is 17.8 Å². The molecule has 2 aliphatic rings. The lowest BCUT2D eigenvalue weighted by atomic mass is 9.86. The summed E-state index contributed by atoms with van der Waals surface area (Å²) in [5.41, 5.74) is -0.123. The van der Waals surface area contributed by atoms with Crippen molar-refractivity contribution in [2.45, 2.75) is 37.3 Å². The normalized spacial score (nSPS) is 19.0. The Labute approximate surface area is 151 Å². The number of rotatable bonds is 5. The molecule has 2 aromatic rings. The first-order chi connectivity index (χ1) is 12.6.